The van der Waals surface area contributed by atoms with E-state index in [9.17, 15) is 4.79 Å². The molecular weight excluding hydrogens is 330 g/mol. The summed E-state index contributed by atoms with van der Waals surface area (Å²) in [7, 11) is 0. The Hall–Kier alpha value is -0.840. The Kier molecular flexibility index (Phi) is 8.66. The third kappa shape index (κ3) is 5.81. The first-order chi connectivity index (χ1) is 10.1. The van der Waals surface area contributed by atoms with Gasteiger partial charge in [0.25, 0.3) is 5.56 Å². The van der Waals surface area contributed by atoms with E-state index < -0.39 is 0 Å². The van der Waals surface area contributed by atoms with Gasteiger partial charge in [-0.2, -0.15) is 5.10 Å². The summed E-state index contributed by atoms with van der Waals surface area (Å²) < 4.78 is 2.13. The average molecular weight is 358 g/mol. The Morgan fingerprint density at radius 2 is 2.00 bits per heavy atom. The van der Waals surface area contributed by atoms with Gasteiger partial charge in [0.1, 0.15) is 4.47 Å². The van der Waals surface area contributed by atoms with Crippen LogP contribution in [0.5, 0.6) is 0 Å². The van der Waals surface area contributed by atoms with Crippen LogP contribution in [0.3, 0.4) is 0 Å². The van der Waals surface area contributed by atoms with Crippen molar-refractivity contribution in [1.29, 1.82) is 0 Å². The molecule has 0 saturated carbocycles. The van der Waals surface area contributed by atoms with Crippen LogP contribution in [0.15, 0.2) is 15.5 Å². The lowest BCUT2D eigenvalue weighted by Gasteiger charge is -2.17. The summed E-state index contributed by atoms with van der Waals surface area (Å²) in [5, 5.41) is 7.63. The van der Waals surface area contributed by atoms with Crippen molar-refractivity contribution in [2.24, 2.45) is 5.92 Å². The van der Waals surface area contributed by atoms with E-state index in [0.717, 1.165) is 31.5 Å². The number of rotatable bonds is 10. The maximum atomic E-state index is 12.2. The second-order valence-electron chi connectivity index (χ2n) is 5.55. The number of unbranched alkanes of at least 4 members (excludes halogenated alkanes) is 2. The Balaban J connectivity index is 2.67. The topological polar surface area (TPSA) is 46.9 Å². The minimum Gasteiger partial charge on any atom is -0.382 e. The van der Waals surface area contributed by atoms with E-state index in [1.54, 1.807) is 6.20 Å². The summed E-state index contributed by atoms with van der Waals surface area (Å²) >= 11 is 3.41. The number of hydrogen-bond acceptors (Lipinski definition) is 3. The molecule has 0 radical (unpaired) electrons. The van der Waals surface area contributed by atoms with Crippen LogP contribution in [0, 0.1) is 5.92 Å². The highest BCUT2D eigenvalue weighted by molar-refractivity contribution is 9.10. The van der Waals surface area contributed by atoms with E-state index in [1.807, 2.05) is 0 Å². The summed E-state index contributed by atoms with van der Waals surface area (Å²) in [6.07, 6.45) is 8.67. The van der Waals surface area contributed by atoms with Gasteiger partial charge in [0, 0.05) is 13.1 Å². The van der Waals surface area contributed by atoms with E-state index in [-0.39, 0.29) is 5.56 Å². The van der Waals surface area contributed by atoms with Gasteiger partial charge in [-0.1, -0.05) is 46.5 Å². The molecule has 0 amide bonds. The van der Waals surface area contributed by atoms with E-state index >= 15 is 0 Å². The van der Waals surface area contributed by atoms with Crippen molar-refractivity contribution in [2.45, 2.75) is 65.8 Å². The first-order valence-corrected chi connectivity index (χ1v) is 8.92. The predicted octanol–water partition coefficient (Wildman–Crippen LogP) is 4.43. The maximum Gasteiger partial charge on any atom is 0.283 e. The summed E-state index contributed by atoms with van der Waals surface area (Å²) in [5.41, 5.74) is 0.762. The minimum atomic E-state index is -0.0462. The maximum absolute atomic E-state index is 12.2. The van der Waals surface area contributed by atoms with Crippen LogP contribution in [0.2, 0.25) is 0 Å². The van der Waals surface area contributed by atoms with Crippen LogP contribution >= 0.6 is 15.9 Å². The Morgan fingerprint density at radius 1 is 1.29 bits per heavy atom. The second kappa shape index (κ2) is 9.98. The Labute approximate surface area is 136 Å². The molecule has 0 aliphatic carbocycles. The molecule has 5 heteroatoms. The fraction of sp³-hybridized carbons (Fsp3) is 0.750. The predicted molar refractivity (Wildman–Crippen MR) is 92.9 cm³/mol. The van der Waals surface area contributed by atoms with Gasteiger partial charge in [-0.3, -0.25) is 4.79 Å². The monoisotopic (exact) mass is 357 g/mol. The molecule has 4 nitrogen and oxygen atoms in total. The van der Waals surface area contributed by atoms with Crippen LogP contribution in [0.25, 0.3) is 0 Å². The van der Waals surface area contributed by atoms with Crippen LogP contribution in [0.1, 0.15) is 59.3 Å². The summed E-state index contributed by atoms with van der Waals surface area (Å²) in [4.78, 5) is 12.2. The van der Waals surface area contributed by atoms with Crippen molar-refractivity contribution < 1.29 is 0 Å². The van der Waals surface area contributed by atoms with Crippen LogP contribution in [0.4, 0.5) is 5.69 Å². The van der Waals surface area contributed by atoms with Gasteiger partial charge in [0.05, 0.1) is 11.9 Å². The van der Waals surface area contributed by atoms with Crippen LogP contribution in [-0.2, 0) is 6.54 Å². The molecule has 0 aromatic carbocycles. The molecule has 1 rings (SSSR count). The van der Waals surface area contributed by atoms with E-state index in [0.29, 0.717) is 16.9 Å². The SMILES string of the molecule is CCCCC(CC)CNc1cnn(CCCC)c(=O)c1Br. The molecule has 1 aromatic heterocycles. The molecule has 1 atom stereocenters. The number of nitrogens with zero attached hydrogens (tertiary/aromatic N) is 2. The molecule has 1 N–H and O–H groups in total. The zero-order valence-corrected chi connectivity index (χ0v) is 15.1. The first kappa shape index (κ1) is 18.2. The van der Waals surface area contributed by atoms with Gasteiger partial charge in [0.15, 0.2) is 0 Å². The molecule has 0 aliphatic rings. The smallest absolute Gasteiger partial charge is 0.283 e. The lowest BCUT2D eigenvalue weighted by atomic mass is 9.99. The van der Waals surface area contributed by atoms with Crippen molar-refractivity contribution in [1.82, 2.24) is 9.78 Å². The molecule has 0 fully saturated rings. The molecule has 0 bridgehead atoms. The minimum absolute atomic E-state index is 0.0462. The van der Waals surface area contributed by atoms with Crippen molar-refractivity contribution >= 4 is 21.6 Å². The van der Waals surface area contributed by atoms with Gasteiger partial charge in [0.2, 0.25) is 0 Å². The molecule has 0 spiro atoms. The molecule has 21 heavy (non-hydrogen) atoms. The molecule has 1 aromatic rings. The van der Waals surface area contributed by atoms with Gasteiger partial charge >= 0.3 is 0 Å². The van der Waals surface area contributed by atoms with E-state index in [1.165, 1.54) is 23.9 Å². The number of nitrogens with one attached hydrogen (secondary N) is 1. The molecule has 1 unspecified atom stereocenters. The number of aryl methyl sites for hydroxylation is 1. The van der Waals surface area contributed by atoms with Gasteiger partial charge in [-0.15, -0.1) is 0 Å². The third-order valence-corrected chi connectivity index (χ3v) is 4.60. The Morgan fingerprint density at radius 3 is 2.62 bits per heavy atom. The number of anilines is 1. The third-order valence-electron chi connectivity index (χ3n) is 3.83. The number of aromatic nitrogens is 2. The van der Waals surface area contributed by atoms with Crippen LogP contribution < -0.4 is 10.9 Å². The van der Waals surface area contributed by atoms with Gasteiger partial charge < -0.3 is 5.32 Å². The standard InChI is InChI=1S/C16H28BrN3O/c1-4-7-9-13(6-3)11-18-14-12-19-20(10-8-5-2)16(21)15(14)17/h12-13,18H,4-11H2,1-3H3. The number of hydrogen-bond donors (Lipinski definition) is 1. The highest BCUT2D eigenvalue weighted by Gasteiger charge is 2.11. The fourth-order valence-corrected chi connectivity index (χ4v) is 2.70. The number of halogens is 1. The highest BCUT2D eigenvalue weighted by Crippen LogP contribution is 2.19. The normalized spacial score (nSPS) is 12.4. The molecule has 0 aliphatic heterocycles. The van der Waals surface area contributed by atoms with Crippen molar-refractivity contribution in [3.05, 3.63) is 21.0 Å². The quantitative estimate of drug-likeness (QED) is 0.673. The first-order valence-electron chi connectivity index (χ1n) is 8.13. The summed E-state index contributed by atoms with van der Waals surface area (Å²) in [6.45, 7) is 8.13. The zero-order valence-electron chi connectivity index (χ0n) is 13.5. The molecule has 0 saturated heterocycles. The average Bonchev–Trinajstić information content (AvgIpc) is 2.50. The lowest BCUT2D eigenvalue weighted by Crippen LogP contribution is -2.25. The summed E-state index contributed by atoms with van der Waals surface area (Å²) in [6, 6.07) is 0. The van der Waals surface area contributed by atoms with Gasteiger partial charge in [-0.25, -0.2) is 4.68 Å². The lowest BCUT2D eigenvalue weighted by molar-refractivity contribution is 0.472. The second-order valence-corrected chi connectivity index (χ2v) is 6.34. The van der Waals surface area contributed by atoms with Crippen molar-refractivity contribution in [3.8, 4) is 0 Å². The highest BCUT2D eigenvalue weighted by atomic mass is 79.9. The molecule has 120 valence electrons. The summed E-state index contributed by atoms with van der Waals surface area (Å²) in [5.74, 6) is 0.652. The van der Waals surface area contributed by atoms with Crippen LogP contribution in [-0.4, -0.2) is 16.3 Å². The van der Waals surface area contributed by atoms with E-state index in [2.05, 4.69) is 47.1 Å². The van der Waals surface area contributed by atoms with E-state index in [4.69, 9.17) is 0 Å². The zero-order chi connectivity index (χ0) is 15.7. The Bertz CT molecular complexity index is 473. The fourth-order valence-electron chi connectivity index (χ4n) is 2.25. The largest absolute Gasteiger partial charge is 0.382 e. The van der Waals surface area contributed by atoms with Gasteiger partial charge in [-0.05, 0) is 34.7 Å². The van der Waals surface area contributed by atoms with Crippen molar-refractivity contribution in [2.75, 3.05) is 11.9 Å². The molecular formula is C16H28BrN3O. The van der Waals surface area contributed by atoms with Crippen molar-refractivity contribution in [3.63, 3.8) is 0 Å². The molecule has 1 heterocycles.